The van der Waals surface area contributed by atoms with Crippen LogP contribution in [0.15, 0.2) is 16.6 Å². The average molecular weight is 351 g/mol. The number of nitrogens with zero attached hydrogens (tertiary/aromatic N) is 1. The van der Waals surface area contributed by atoms with Crippen molar-refractivity contribution in [3.8, 4) is 0 Å². The van der Waals surface area contributed by atoms with Crippen molar-refractivity contribution in [1.82, 2.24) is 4.90 Å². The SMILES string of the molecule is CC(CN(C)C(=O)Nc1cc(F)c(Br)cc1F)C(=O)O. The number of nitrogens with one attached hydrogen (secondary N) is 1. The van der Waals surface area contributed by atoms with E-state index in [-0.39, 0.29) is 16.7 Å². The molecule has 5 nitrogen and oxygen atoms in total. The van der Waals surface area contributed by atoms with Gasteiger partial charge in [-0.2, -0.15) is 0 Å². The Bertz CT molecular complexity index is 540. The van der Waals surface area contributed by atoms with Crippen LogP contribution in [0.2, 0.25) is 0 Å². The normalized spacial score (nSPS) is 11.8. The second-order valence-electron chi connectivity index (χ2n) is 4.30. The van der Waals surface area contributed by atoms with Gasteiger partial charge < -0.3 is 15.3 Å². The van der Waals surface area contributed by atoms with Gasteiger partial charge in [0.1, 0.15) is 11.6 Å². The minimum absolute atomic E-state index is 0.0538. The lowest BCUT2D eigenvalue weighted by atomic mass is 10.2. The van der Waals surface area contributed by atoms with Crippen LogP contribution in [0, 0.1) is 17.6 Å². The summed E-state index contributed by atoms with van der Waals surface area (Å²) in [7, 11) is 1.36. The molecular weight excluding hydrogens is 338 g/mol. The number of carboxylic acid groups (broad SMARTS) is 1. The first-order valence-corrected chi connectivity index (χ1v) is 6.41. The molecule has 1 aromatic rings. The Hall–Kier alpha value is -1.70. The molecule has 1 rings (SSSR count). The largest absolute Gasteiger partial charge is 0.481 e. The maximum absolute atomic E-state index is 13.5. The van der Waals surface area contributed by atoms with E-state index in [0.29, 0.717) is 0 Å². The zero-order valence-electron chi connectivity index (χ0n) is 10.8. The topological polar surface area (TPSA) is 69.6 Å². The molecule has 0 heterocycles. The number of urea groups is 1. The van der Waals surface area contributed by atoms with Crippen LogP contribution in [0.1, 0.15) is 6.92 Å². The molecule has 0 aromatic heterocycles. The molecule has 0 radical (unpaired) electrons. The number of amides is 2. The third kappa shape index (κ3) is 4.16. The Labute approximate surface area is 122 Å². The van der Waals surface area contributed by atoms with Gasteiger partial charge in [0.15, 0.2) is 0 Å². The Kier molecular flexibility index (Phi) is 5.43. The second-order valence-corrected chi connectivity index (χ2v) is 5.15. The Morgan fingerprint density at radius 2 is 2.00 bits per heavy atom. The first-order valence-electron chi connectivity index (χ1n) is 5.61. The number of carbonyl (C=O) groups is 2. The lowest BCUT2D eigenvalue weighted by molar-refractivity contribution is -0.141. The van der Waals surface area contributed by atoms with Crippen LogP contribution in [0.5, 0.6) is 0 Å². The molecular formula is C12H13BrF2N2O3. The van der Waals surface area contributed by atoms with Crippen LogP contribution in [0.4, 0.5) is 19.3 Å². The maximum Gasteiger partial charge on any atom is 0.321 e. The van der Waals surface area contributed by atoms with Gasteiger partial charge in [-0.25, -0.2) is 13.6 Å². The van der Waals surface area contributed by atoms with Gasteiger partial charge in [0.25, 0.3) is 0 Å². The molecule has 1 aromatic carbocycles. The molecule has 1 unspecified atom stereocenters. The standard InChI is InChI=1S/C12H13BrF2N2O3/c1-6(11(18)19)5-17(2)12(20)16-10-4-8(14)7(13)3-9(10)15/h3-4,6H,5H2,1-2H3,(H,16,20)(H,18,19). The van der Waals surface area contributed by atoms with Crippen LogP contribution >= 0.6 is 15.9 Å². The van der Waals surface area contributed by atoms with E-state index in [1.165, 1.54) is 14.0 Å². The molecule has 1 atom stereocenters. The highest BCUT2D eigenvalue weighted by Crippen LogP contribution is 2.23. The zero-order chi connectivity index (χ0) is 15.4. The molecule has 8 heteroatoms. The highest BCUT2D eigenvalue weighted by Gasteiger charge is 2.18. The summed E-state index contributed by atoms with van der Waals surface area (Å²) >= 11 is 2.82. The van der Waals surface area contributed by atoms with Gasteiger partial charge >= 0.3 is 12.0 Å². The molecule has 0 saturated carbocycles. The molecule has 2 N–H and O–H groups in total. The average Bonchev–Trinajstić information content (AvgIpc) is 2.35. The molecule has 0 aliphatic heterocycles. The second kappa shape index (κ2) is 6.65. The summed E-state index contributed by atoms with van der Waals surface area (Å²) < 4.78 is 26.7. The van der Waals surface area contributed by atoms with E-state index < -0.39 is 29.6 Å². The molecule has 0 saturated heterocycles. The number of hydrogen-bond acceptors (Lipinski definition) is 2. The summed E-state index contributed by atoms with van der Waals surface area (Å²) in [6.07, 6.45) is 0. The van der Waals surface area contributed by atoms with E-state index in [1.807, 2.05) is 0 Å². The number of rotatable bonds is 4. The summed E-state index contributed by atoms with van der Waals surface area (Å²) in [5, 5.41) is 10.9. The summed E-state index contributed by atoms with van der Waals surface area (Å²) in [6, 6.07) is 1.01. The molecule has 110 valence electrons. The first kappa shape index (κ1) is 16.4. The minimum Gasteiger partial charge on any atom is -0.481 e. The summed E-state index contributed by atoms with van der Waals surface area (Å²) in [5.41, 5.74) is -0.314. The van der Waals surface area contributed by atoms with Gasteiger partial charge in [0.2, 0.25) is 0 Å². The number of anilines is 1. The predicted octanol–water partition coefficient (Wildman–Crippen LogP) is 2.91. The Morgan fingerprint density at radius 3 is 2.55 bits per heavy atom. The number of halogens is 3. The fourth-order valence-electron chi connectivity index (χ4n) is 1.40. The smallest absolute Gasteiger partial charge is 0.321 e. The number of benzene rings is 1. The highest BCUT2D eigenvalue weighted by atomic mass is 79.9. The van der Waals surface area contributed by atoms with Crippen molar-refractivity contribution in [2.45, 2.75) is 6.92 Å². The van der Waals surface area contributed by atoms with E-state index in [2.05, 4.69) is 21.2 Å². The monoisotopic (exact) mass is 350 g/mol. The van der Waals surface area contributed by atoms with Crippen molar-refractivity contribution < 1.29 is 23.5 Å². The molecule has 0 spiro atoms. The number of hydrogen-bond donors (Lipinski definition) is 2. The van der Waals surface area contributed by atoms with Crippen LogP contribution in [0.25, 0.3) is 0 Å². The number of aliphatic carboxylic acids is 1. The number of carboxylic acids is 1. The van der Waals surface area contributed by atoms with Crippen LogP contribution < -0.4 is 5.32 Å². The van der Waals surface area contributed by atoms with Crippen molar-refractivity contribution in [2.75, 3.05) is 18.9 Å². The maximum atomic E-state index is 13.5. The van der Waals surface area contributed by atoms with Gasteiger partial charge in [-0.15, -0.1) is 0 Å². The third-order valence-corrected chi connectivity index (χ3v) is 3.18. The Morgan fingerprint density at radius 1 is 1.40 bits per heavy atom. The van der Waals surface area contributed by atoms with Gasteiger partial charge in [-0.05, 0) is 22.0 Å². The number of carbonyl (C=O) groups excluding carboxylic acids is 1. The molecule has 2 amide bonds. The van der Waals surface area contributed by atoms with Gasteiger partial charge in [0.05, 0.1) is 16.1 Å². The first-order chi connectivity index (χ1) is 9.22. The minimum atomic E-state index is -1.05. The van der Waals surface area contributed by atoms with Crippen molar-refractivity contribution in [3.05, 3.63) is 28.2 Å². The van der Waals surface area contributed by atoms with Crippen molar-refractivity contribution in [1.29, 1.82) is 0 Å². The van der Waals surface area contributed by atoms with E-state index in [1.54, 1.807) is 0 Å². The van der Waals surface area contributed by atoms with Gasteiger partial charge in [0, 0.05) is 19.7 Å². The quantitative estimate of drug-likeness (QED) is 0.820. The highest BCUT2D eigenvalue weighted by molar-refractivity contribution is 9.10. The summed E-state index contributed by atoms with van der Waals surface area (Å²) in [6.45, 7) is 1.38. The van der Waals surface area contributed by atoms with E-state index in [4.69, 9.17) is 5.11 Å². The third-order valence-electron chi connectivity index (χ3n) is 2.57. The van der Waals surface area contributed by atoms with Gasteiger partial charge in [-0.1, -0.05) is 6.92 Å². The van der Waals surface area contributed by atoms with E-state index >= 15 is 0 Å². The van der Waals surface area contributed by atoms with Crippen LogP contribution in [0.3, 0.4) is 0 Å². The summed E-state index contributed by atoms with van der Waals surface area (Å²) in [4.78, 5) is 23.5. The zero-order valence-corrected chi connectivity index (χ0v) is 12.4. The molecule has 0 bridgehead atoms. The fraction of sp³-hybridized carbons (Fsp3) is 0.333. The predicted molar refractivity (Wildman–Crippen MR) is 72.5 cm³/mol. The van der Waals surface area contributed by atoms with Crippen LogP contribution in [-0.4, -0.2) is 35.6 Å². The lowest BCUT2D eigenvalue weighted by Gasteiger charge is -2.20. The Balaban J connectivity index is 2.76. The van der Waals surface area contributed by atoms with E-state index in [0.717, 1.165) is 17.0 Å². The lowest BCUT2D eigenvalue weighted by Crippen LogP contribution is -2.36. The molecule has 0 aliphatic rings. The van der Waals surface area contributed by atoms with Crippen molar-refractivity contribution in [3.63, 3.8) is 0 Å². The van der Waals surface area contributed by atoms with E-state index in [9.17, 15) is 18.4 Å². The fourth-order valence-corrected chi connectivity index (χ4v) is 1.72. The summed E-state index contributed by atoms with van der Waals surface area (Å²) in [5.74, 6) is -3.34. The van der Waals surface area contributed by atoms with Crippen molar-refractivity contribution in [2.24, 2.45) is 5.92 Å². The molecule has 20 heavy (non-hydrogen) atoms. The molecule has 0 aliphatic carbocycles. The van der Waals surface area contributed by atoms with Gasteiger partial charge in [-0.3, -0.25) is 4.79 Å². The molecule has 0 fully saturated rings. The van der Waals surface area contributed by atoms with Crippen molar-refractivity contribution >= 4 is 33.6 Å². The van der Waals surface area contributed by atoms with Crippen LogP contribution in [-0.2, 0) is 4.79 Å².